The van der Waals surface area contributed by atoms with Crippen molar-refractivity contribution >= 4 is 34.2 Å². The molecule has 0 saturated heterocycles. The Bertz CT molecular complexity index is 1160. The molecule has 1 heterocycles. The van der Waals surface area contributed by atoms with Gasteiger partial charge in [-0.05, 0) is 30.2 Å². The Labute approximate surface area is 178 Å². The van der Waals surface area contributed by atoms with Gasteiger partial charge in [-0.25, -0.2) is 4.79 Å². The minimum atomic E-state index is -0.705. The van der Waals surface area contributed by atoms with Crippen molar-refractivity contribution in [1.82, 2.24) is 4.98 Å². The van der Waals surface area contributed by atoms with Crippen LogP contribution in [0.4, 0.5) is 11.4 Å². The van der Waals surface area contributed by atoms with Crippen LogP contribution in [0, 0.1) is 10.1 Å². The maximum atomic E-state index is 12.7. The van der Waals surface area contributed by atoms with E-state index in [1.165, 1.54) is 25.3 Å². The van der Waals surface area contributed by atoms with Crippen molar-refractivity contribution in [3.63, 3.8) is 0 Å². The van der Waals surface area contributed by atoms with Crippen molar-refractivity contribution in [2.45, 2.75) is 19.8 Å². The number of methoxy groups -OCH3 is 1. The van der Waals surface area contributed by atoms with Crippen molar-refractivity contribution in [1.29, 1.82) is 0 Å². The number of ether oxygens (including phenoxy) is 2. The third-order valence-electron chi connectivity index (χ3n) is 4.56. The molecule has 0 aliphatic rings. The van der Waals surface area contributed by atoms with Gasteiger partial charge in [0.1, 0.15) is 11.4 Å². The van der Waals surface area contributed by atoms with E-state index in [9.17, 15) is 19.7 Å². The summed E-state index contributed by atoms with van der Waals surface area (Å²) in [6.07, 6.45) is 0. The number of nitrogens with one attached hydrogen (secondary N) is 1. The van der Waals surface area contributed by atoms with Crippen molar-refractivity contribution in [3.8, 4) is 5.75 Å². The van der Waals surface area contributed by atoms with Gasteiger partial charge in [0.05, 0.1) is 29.2 Å². The maximum absolute atomic E-state index is 12.7. The molecule has 0 saturated carbocycles. The highest BCUT2D eigenvalue weighted by molar-refractivity contribution is 6.04. The molecule has 160 valence electrons. The number of carbonyl (C=O) groups excluding carboxylic acids is 2. The summed E-state index contributed by atoms with van der Waals surface area (Å²) >= 11 is 0. The lowest BCUT2D eigenvalue weighted by atomic mass is 10.0. The van der Waals surface area contributed by atoms with Gasteiger partial charge in [0.2, 0.25) is 0 Å². The molecule has 3 aromatic rings. The lowest BCUT2D eigenvalue weighted by Gasteiger charge is -2.12. The van der Waals surface area contributed by atoms with E-state index in [1.807, 2.05) is 19.9 Å². The first-order chi connectivity index (χ1) is 14.8. The zero-order valence-electron chi connectivity index (χ0n) is 17.2. The van der Waals surface area contributed by atoms with E-state index in [0.717, 1.165) is 5.69 Å². The molecule has 1 N–H and O–H groups in total. The van der Waals surface area contributed by atoms with Crippen LogP contribution in [0.1, 0.15) is 35.8 Å². The van der Waals surface area contributed by atoms with Crippen LogP contribution in [0.3, 0.4) is 0 Å². The number of nitro benzene ring substituents is 1. The third kappa shape index (κ3) is 4.95. The molecule has 0 unspecified atom stereocenters. The van der Waals surface area contributed by atoms with E-state index >= 15 is 0 Å². The van der Waals surface area contributed by atoms with Gasteiger partial charge in [0, 0.05) is 11.1 Å². The van der Waals surface area contributed by atoms with E-state index in [-0.39, 0.29) is 23.0 Å². The van der Waals surface area contributed by atoms with Crippen molar-refractivity contribution < 1.29 is 24.0 Å². The van der Waals surface area contributed by atoms with Crippen molar-refractivity contribution in [2.75, 3.05) is 19.0 Å². The second kappa shape index (κ2) is 9.21. The molecule has 0 bridgehead atoms. The zero-order valence-corrected chi connectivity index (χ0v) is 17.2. The third-order valence-corrected chi connectivity index (χ3v) is 4.56. The van der Waals surface area contributed by atoms with E-state index < -0.39 is 23.4 Å². The van der Waals surface area contributed by atoms with Gasteiger partial charge in [-0.3, -0.25) is 19.9 Å². The number of aromatic nitrogens is 1. The average Bonchev–Trinajstić information content (AvgIpc) is 2.76. The summed E-state index contributed by atoms with van der Waals surface area (Å²) in [5.74, 6) is -1.01. The fraction of sp³-hybridized carbons (Fsp3) is 0.227. The zero-order chi connectivity index (χ0) is 22.5. The van der Waals surface area contributed by atoms with Crippen LogP contribution in [-0.4, -0.2) is 35.5 Å². The molecule has 9 heteroatoms. The molecule has 1 aromatic heterocycles. The number of rotatable bonds is 7. The number of anilines is 1. The lowest BCUT2D eigenvalue weighted by Crippen LogP contribution is -2.21. The number of carbonyl (C=O) groups is 2. The standard InChI is InChI=1S/C22H21N3O6/c1-13(2)19-11-16(15-6-4-5-7-17(15)23-19)22(27)31-12-21(26)24-18-9-8-14(30-3)10-20(18)25(28)29/h4-11,13H,12H2,1-3H3,(H,24,26). The molecule has 2 aromatic carbocycles. The summed E-state index contributed by atoms with van der Waals surface area (Å²) in [6.45, 7) is 3.32. The number of nitro groups is 1. The lowest BCUT2D eigenvalue weighted by molar-refractivity contribution is -0.384. The minimum Gasteiger partial charge on any atom is -0.496 e. The molecule has 0 spiro atoms. The first-order valence-corrected chi connectivity index (χ1v) is 9.49. The molecule has 0 aliphatic heterocycles. The largest absolute Gasteiger partial charge is 0.496 e. The fourth-order valence-electron chi connectivity index (χ4n) is 2.95. The van der Waals surface area contributed by atoms with Gasteiger partial charge in [-0.15, -0.1) is 0 Å². The maximum Gasteiger partial charge on any atom is 0.339 e. The second-order valence-corrected chi connectivity index (χ2v) is 7.03. The molecule has 31 heavy (non-hydrogen) atoms. The minimum absolute atomic E-state index is 0.0247. The summed E-state index contributed by atoms with van der Waals surface area (Å²) < 4.78 is 10.1. The Morgan fingerprint density at radius 3 is 2.58 bits per heavy atom. The Morgan fingerprint density at radius 2 is 1.90 bits per heavy atom. The summed E-state index contributed by atoms with van der Waals surface area (Å²) in [4.78, 5) is 40.1. The second-order valence-electron chi connectivity index (χ2n) is 7.03. The molecule has 0 fully saturated rings. The van der Waals surface area contributed by atoms with Crippen LogP contribution in [-0.2, 0) is 9.53 Å². The van der Waals surface area contributed by atoms with E-state index in [2.05, 4.69) is 10.3 Å². The van der Waals surface area contributed by atoms with Gasteiger partial charge in [-0.1, -0.05) is 32.0 Å². The summed E-state index contributed by atoms with van der Waals surface area (Å²) in [7, 11) is 1.38. The van der Waals surface area contributed by atoms with Gasteiger partial charge in [0.15, 0.2) is 6.61 Å². The number of para-hydroxylation sites is 1. The molecule has 9 nitrogen and oxygen atoms in total. The Hall–Kier alpha value is -4.01. The van der Waals surface area contributed by atoms with Crippen molar-refractivity contribution in [2.24, 2.45) is 0 Å². The normalized spacial score (nSPS) is 10.7. The van der Waals surface area contributed by atoms with Gasteiger partial charge in [0.25, 0.3) is 11.6 Å². The highest BCUT2D eigenvalue weighted by Crippen LogP contribution is 2.29. The molecular weight excluding hydrogens is 402 g/mol. The number of fused-ring (bicyclic) bond motifs is 1. The summed E-state index contributed by atoms with van der Waals surface area (Å²) in [6, 6.07) is 12.8. The van der Waals surface area contributed by atoms with Crippen LogP contribution in [0.5, 0.6) is 5.75 Å². The van der Waals surface area contributed by atoms with E-state index in [1.54, 1.807) is 24.3 Å². The fourth-order valence-corrected chi connectivity index (χ4v) is 2.95. The van der Waals surface area contributed by atoms with Gasteiger partial charge in [-0.2, -0.15) is 0 Å². The molecule has 3 rings (SSSR count). The van der Waals surface area contributed by atoms with Crippen LogP contribution in [0.15, 0.2) is 48.5 Å². The first kappa shape index (κ1) is 21.7. The smallest absolute Gasteiger partial charge is 0.339 e. The monoisotopic (exact) mass is 423 g/mol. The highest BCUT2D eigenvalue weighted by atomic mass is 16.6. The predicted molar refractivity (Wildman–Crippen MR) is 114 cm³/mol. The van der Waals surface area contributed by atoms with Gasteiger partial charge < -0.3 is 14.8 Å². The Kier molecular flexibility index (Phi) is 6.44. The van der Waals surface area contributed by atoms with Crippen LogP contribution < -0.4 is 10.1 Å². The van der Waals surface area contributed by atoms with Crippen LogP contribution in [0.2, 0.25) is 0 Å². The molecule has 0 radical (unpaired) electrons. The number of hydrogen-bond acceptors (Lipinski definition) is 7. The van der Waals surface area contributed by atoms with Crippen LogP contribution >= 0.6 is 0 Å². The SMILES string of the molecule is COc1ccc(NC(=O)COC(=O)c2cc(C(C)C)nc3ccccc23)c([N+](=O)[O-])c1. The van der Waals surface area contributed by atoms with Crippen molar-refractivity contribution in [3.05, 3.63) is 69.9 Å². The molecule has 0 aliphatic carbocycles. The number of hydrogen-bond donors (Lipinski definition) is 1. The molecular formula is C22H21N3O6. The molecule has 1 amide bonds. The number of pyridine rings is 1. The number of esters is 1. The average molecular weight is 423 g/mol. The number of nitrogens with zero attached hydrogens (tertiary/aromatic N) is 2. The summed E-state index contributed by atoms with van der Waals surface area (Å²) in [5, 5.41) is 14.2. The Balaban J connectivity index is 1.76. The highest BCUT2D eigenvalue weighted by Gasteiger charge is 2.20. The molecule has 0 atom stereocenters. The number of amides is 1. The first-order valence-electron chi connectivity index (χ1n) is 9.49. The predicted octanol–water partition coefficient (Wildman–Crippen LogP) is 4.07. The van der Waals surface area contributed by atoms with Gasteiger partial charge >= 0.3 is 5.97 Å². The van der Waals surface area contributed by atoms with E-state index in [4.69, 9.17) is 9.47 Å². The van der Waals surface area contributed by atoms with E-state index in [0.29, 0.717) is 16.5 Å². The number of benzene rings is 2. The topological polar surface area (TPSA) is 121 Å². The van der Waals surface area contributed by atoms with Crippen LogP contribution in [0.25, 0.3) is 10.9 Å². The summed E-state index contributed by atoms with van der Waals surface area (Å²) in [5.41, 5.74) is 1.32. The Morgan fingerprint density at radius 1 is 1.16 bits per heavy atom. The quantitative estimate of drug-likeness (QED) is 0.345.